The van der Waals surface area contributed by atoms with Crippen LogP contribution in [0.4, 0.5) is 0 Å². The first-order valence-corrected chi connectivity index (χ1v) is 9.04. The average molecular weight is 404 g/mol. The van der Waals surface area contributed by atoms with Crippen LogP contribution >= 0.6 is 0 Å². The number of phenolic OH excluding ortho intramolecular Hbond substituents is 1. The van der Waals surface area contributed by atoms with Crippen molar-refractivity contribution in [1.29, 1.82) is 0 Å². The van der Waals surface area contributed by atoms with E-state index in [2.05, 4.69) is 0 Å². The lowest BCUT2D eigenvalue weighted by Gasteiger charge is -2.39. The number of hydrogen-bond donors (Lipinski definition) is 5. The predicted octanol–water partition coefficient (Wildman–Crippen LogP) is 0.750. The summed E-state index contributed by atoms with van der Waals surface area (Å²) in [5, 5.41) is 49.0. The van der Waals surface area contributed by atoms with Crippen molar-refractivity contribution >= 4 is 12.2 Å². The molecule has 1 heterocycles. The van der Waals surface area contributed by atoms with Gasteiger partial charge in [-0.3, -0.25) is 0 Å². The Labute approximate surface area is 167 Å². The largest absolute Gasteiger partial charge is 0.508 e. The van der Waals surface area contributed by atoms with Gasteiger partial charge in [-0.2, -0.15) is 0 Å². The molecule has 0 aliphatic carbocycles. The maximum Gasteiger partial charge on any atom is 0.229 e. The van der Waals surface area contributed by atoms with Gasteiger partial charge in [0.2, 0.25) is 6.29 Å². The highest BCUT2D eigenvalue weighted by Crippen LogP contribution is 2.28. The second-order valence-corrected chi connectivity index (χ2v) is 6.68. The first-order chi connectivity index (χ1) is 13.9. The summed E-state index contributed by atoms with van der Waals surface area (Å²) in [7, 11) is 1.59. The van der Waals surface area contributed by atoms with Gasteiger partial charge in [0, 0.05) is 6.07 Å². The van der Waals surface area contributed by atoms with E-state index in [9.17, 15) is 25.5 Å². The van der Waals surface area contributed by atoms with Gasteiger partial charge in [0.25, 0.3) is 0 Å². The molecule has 1 aliphatic heterocycles. The third-order valence-electron chi connectivity index (χ3n) is 4.60. The maximum absolute atomic E-state index is 10.1. The molecular weight excluding hydrogens is 380 g/mol. The van der Waals surface area contributed by atoms with E-state index in [0.29, 0.717) is 5.56 Å². The van der Waals surface area contributed by atoms with E-state index in [-0.39, 0.29) is 11.5 Å². The van der Waals surface area contributed by atoms with Crippen molar-refractivity contribution in [3.63, 3.8) is 0 Å². The SMILES string of the molecule is COc1ccc(/C=C/c2cc(O)cc(O[C@@H]3O[C@H](CO)[C@@H](O)[C@H](O)[C@H]3O)c2)cc1. The molecule has 2 aromatic carbocycles. The molecule has 156 valence electrons. The molecule has 5 atom stereocenters. The van der Waals surface area contributed by atoms with Crippen molar-refractivity contribution in [1.82, 2.24) is 0 Å². The van der Waals surface area contributed by atoms with E-state index in [1.54, 1.807) is 19.3 Å². The fourth-order valence-electron chi connectivity index (χ4n) is 2.98. The van der Waals surface area contributed by atoms with Crippen LogP contribution < -0.4 is 9.47 Å². The molecule has 5 N–H and O–H groups in total. The van der Waals surface area contributed by atoms with E-state index in [4.69, 9.17) is 14.2 Å². The summed E-state index contributed by atoms with van der Waals surface area (Å²) >= 11 is 0. The number of aliphatic hydroxyl groups is 4. The van der Waals surface area contributed by atoms with Gasteiger partial charge in [0.15, 0.2) is 0 Å². The Morgan fingerprint density at radius 1 is 0.897 bits per heavy atom. The van der Waals surface area contributed by atoms with Gasteiger partial charge in [-0.25, -0.2) is 0 Å². The molecule has 3 rings (SSSR count). The van der Waals surface area contributed by atoms with Crippen molar-refractivity contribution < 1.29 is 39.7 Å². The fraction of sp³-hybridized carbons (Fsp3) is 0.333. The van der Waals surface area contributed by atoms with E-state index in [0.717, 1.165) is 11.3 Å². The van der Waals surface area contributed by atoms with Gasteiger partial charge in [-0.1, -0.05) is 24.3 Å². The van der Waals surface area contributed by atoms with Crippen molar-refractivity contribution in [2.45, 2.75) is 30.7 Å². The molecule has 0 unspecified atom stereocenters. The second-order valence-electron chi connectivity index (χ2n) is 6.68. The van der Waals surface area contributed by atoms with Gasteiger partial charge in [-0.05, 0) is 35.4 Å². The zero-order valence-electron chi connectivity index (χ0n) is 15.8. The van der Waals surface area contributed by atoms with Crippen LogP contribution in [0.1, 0.15) is 11.1 Å². The lowest BCUT2D eigenvalue weighted by atomic mass is 9.99. The minimum Gasteiger partial charge on any atom is -0.508 e. The summed E-state index contributed by atoms with van der Waals surface area (Å²) in [6.45, 7) is -0.555. The highest BCUT2D eigenvalue weighted by Gasteiger charge is 2.44. The van der Waals surface area contributed by atoms with Gasteiger partial charge in [0.05, 0.1) is 13.7 Å². The zero-order valence-corrected chi connectivity index (χ0v) is 15.8. The molecule has 8 heteroatoms. The van der Waals surface area contributed by atoms with Crippen LogP contribution in [0.15, 0.2) is 42.5 Å². The highest BCUT2D eigenvalue weighted by molar-refractivity contribution is 5.71. The molecule has 29 heavy (non-hydrogen) atoms. The quantitative estimate of drug-likeness (QED) is 0.446. The number of ether oxygens (including phenoxy) is 3. The summed E-state index contributed by atoms with van der Waals surface area (Å²) in [4.78, 5) is 0. The molecule has 0 amide bonds. The molecule has 1 aliphatic rings. The zero-order chi connectivity index (χ0) is 21.0. The molecule has 1 saturated heterocycles. The third-order valence-corrected chi connectivity index (χ3v) is 4.60. The first-order valence-electron chi connectivity index (χ1n) is 9.04. The number of aromatic hydroxyl groups is 1. The molecule has 2 aromatic rings. The van der Waals surface area contributed by atoms with Crippen LogP contribution in [0.5, 0.6) is 17.2 Å². The molecule has 0 bridgehead atoms. The van der Waals surface area contributed by atoms with E-state index in [1.165, 1.54) is 12.1 Å². The number of methoxy groups -OCH3 is 1. The fourth-order valence-corrected chi connectivity index (χ4v) is 2.98. The molecular formula is C21H24O8. The van der Waals surface area contributed by atoms with Gasteiger partial charge in [0.1, 0.15) is 41.7 Å². The van der Waals surface area contributed by atoms with Crippen molar-refractivity contribution in [2.75, 3.05) is 13.7 Å². The van der Waals surface area contributed by atoms with Crippen LogP contribution in [-0.2, 0) is 4.74 Å². The van der Waals surface area contributed by atoms with Crippen molar-refractivity contribution in [3.8, 4) is 17.2 Å². The molecule has 0 saturated carbocycles. The number of aliphatic hydroxyl groups excluding tert-OH is 4. The van der Waals surface area contributed by atoms with Gasteiger partial charge >= 0.3 is 0 Å². The van der Waals surface area contributed by atoms with Gasteiger partial charge in [-0.15, -0.1) is 0 Å². The first kappa shape index (κ1) is 21.1. The van der Waals surface area contributed by atoms with Crippen LogP contribution in [0, 0.1) is 0 Å². The molecule has 0 radical (unpaired) electrons. The van der Waals surface area contributed by atoms with Crippen LogP contribution in [0.25, 0.3) is 12.2 Å². The van der Waals surface area contributed by atoms with E-state index >= 15 is 0 Å². The molecule has 0 spiro atoms. The van der Waals surface area contributed by atoms with E-state index in [1.807, 2.05) is 30.3 Å². The predicted molar refractivity (Wildman–Crippen MR) is 104 cm³/mol. The Bertz CT molecular complexity index is 833. The Kier molecular flexibility index (Phi) is 6.73. The summed E-state index contributed by atoms with van der Waals surface area (Å²) < 4.78 is 16.0. The Hall–Kier alpha value is -2.62. The van der Waals surface area contributed by atoms with Crippen molar-refractivity contribution in [3.05, 3.63) is 53.6 Å². The Balaban J connectivity index is 1.75. The van der Waals surface area contributed by atoms with Crippen LogP contribution in [-0.4, -0.2) is 70.0 Å². The summed E-state index contributed by atoms with van der Waals surface area (Å²) in [6, 6.07) is 11.9. The highest BCUT2D eigenvalue weighted by atomic mass is 16.7. The Morgan fingerprint density at radius 2 is 1.59 bits per heavy atom. The number of benzene rings is 2. The molecule has 8 nitrogen and oxygen atoms in total. The number of phenols is 1. The van der Waals surface area contributed by atoms with Gasteiger partial charge < -0.3 is 39.7 Å². The third kappa shape index (κ3) is 5.06. The maximum atomic E-state index is 10.1. The van der Waals surface area contributed by atoms with E-state index < -0.39 is 37.3 Å². The minimum absolute atomic E-state index is 0.0681. The molecule has 1 fully saturated rings. The lowest BCUT2D eigenvalue weighted by Crippen LogP contribution is -2.60. The smallest absolute Gasteiger partial charge is 0.229 e. The summed E-state index contributed by atoms with van der Waals surface area (Å²) in [5.74, 6) is 0.861. The van der Waals surface area contributed by atoms with Crippen molar-refractivity contribution in [2.24, 2.45) is 0 Å². The summed E-state index contributed by atoms with van der Waals surface area (Å²) in [6.07, 6.45) is -3.35. The normalized spacial score (nSPS) is 27.1. The second kappa shape index (κ2) is 9.25. The standard InChI is InChI=1S/C21H24O8/c1-27-15-6-4-12(5-7-15)2-3-13-8-14(23)10-16(9-13)28-21-20(26)19(25)18(24)17(11-22)29-21/h2-10,17-26H,11H2,1H3/b3-2+/t17-,18-,19+,20-,21-/m1/s1. The lowest BCUT2D eigenvalue weighted by molar-refractivity contribution is -0.277. The minimum atomic E-state index is -1.54. The van der Waals surface area contributed by atoms with Crippen LogP contribution in [0.2, 0.25) is 0 Å². The topological polar surface area (TPSA) is 129 Å². The van der Waals surface area contributed by atoms with Crippen LogP contribution in [0.3, 0.4) is 0 Å². The summed E-state index contributed by atoms with van der Waals surface area (Å²) in [5.41, 5.74) is 1.55. The monoisotopic (exact) mass is 404 g/mol. The Morgan fingerprint density at radius 3 is 2.24 bits per heavy atom. The molecule has 0 aromatic heterocycles. The average Bonchev–Trinajstić information content (AvgIpc) is 2.72. The number of rotatable bonds is 6. The number of hydrogen-bond acceptors (Lipinski definition) is 8.